The molecule has 1 saturated carbocycles. The van der Waals surface area contributed by atoms with Gasteiger partial charge < -0.3 is 15.5 Å². The van der Waals surface area contributed by atoms with Crippen LogP contribution in [-0.4, -0.2) is 39.1 Å². The highest BCUT2D eigenvalue weighted by atomic mass is 16.1. The molecule has 1 heterocycles. The van der Waals surface area contributed by atoms with E-state index in [0.29, 0.717) is 5.56 Å². The zero-order valence-corrected chi connectivity index (χ0v) is 17.4. The van der Waals surface area contributed by atoms with E-state index in [9.17, 15) is 4.79 Å². The van der Waals surface area contributed by atoms with E-state index < -0.39 is 0 Å². The Morgan fingerprint density at radius 1 is 1.14 bits per heavy atom. The van der Waals surface area contributed by atoms with Gasteiger partial charge in [-0.3, -0.25) is 9.79 Å². The van der Waals surface area contributed by atoms with Crippen LogP contribution in [0.4, 0.5) is 5.69 Å². The average Bonchev–Trinajstić information content (AvgIpc) is 3.37. The number of nitrogens with one attached hydrogen (secondary N) is 2. The number of hydrogen-bond acceptors (Lipinski definition) is 2. The van der Waals surface area contributed by atoms with E-state index in [1.54, 1.807) is 7.05 Å². The summed E-state index contributed by atoms with van der Waals surface area (Å²) in [7, 11) is 3.52. The van der Waals surface area contributed by atoms with Crippen molar-refractivity contribution in [2.45, 2.75) is 37.5 Å². The number of benzene rings is 2. The molecular formula is C24H30N4O. The summed E-state index contributed by atoms with van der Waals surface area (Å²) in [6.07, 6.45) is 6.00. The molecule has 1 spiro atoms. The second-order valence-electron chi connectivity index (χ2n) is 8.09. The van der Waals surface area contributed by atoms with E-state index in [0.717, 1.165) is 31.0 Å². The number of amides is 1. The molecule has 1 aliphatic heterocycles. The fourth-order valence-electron chi connectivity index (χ4n) is 4.92. The molecule has 0 radical (unpaired) electrons. The highest BCUT2D eigenvalue weighted by Gasteiger charge is 2.45. The van der Waals surface area contributed by atoms with E-state index >= 15 is 0 Å². The monoisotopic (exact) mass is 390 g/mol. The lowest BCUT2D eigenvalue weighted by Crippen LogP contribution is -2.44. The summed E-state index contributed by atoms with van der Waals surface area (Å²) in [6, 6.07) is 16.6. The fourth-order valence-corrected chi connectivity index (χ4v) is 4.92. The number of guanidine groups is 1. The smallest absolute Gasteiger partial charge is 0.251 e. The Balaban J connectivity index is 1.45. The number of hydrogen-bond donors (Lipinski definition) is 2. The zero-order valence-electron chi connectivity index (χ0n) is 17.4. The third-order valence-electron chi connectivity index (χ3n) is 6.37. The minimum absolute atomic E-state index is 0.0499. The fraction of sp³-hybridized carbons (Fsp3) is 0.417. The Hall–Kier alpha value is -2.82. The van der Waals surface area contributed by atoms with Crippen LogP contribution in [0.3, 0.4) is 0 Å². The lowest BCUT2D eigenvalue weighted by atomic mass is 9.81. The van der Waals surface area contributed by atoms with Crippen LogP contribution in [0.25, 0.3) is 0 Å². The van der Waals surface area contributed by atoms with E-state index in [-0.39, 0.29) is 11.3 Å². The Morgan fingerprint density at radius 2 is 1.93 bits per heavy atom. The van der Waals surface area contributed by atoms with Crippen LogP contribution in [0.5, 0.6) is 0 Å². The van der Waals surface area contributed by atoms with Crippen LogP contribution in [-0.2, 0) is 11.8 Å². The van der Waals surface area contributed by atoms with Gasteiger partial charge >= 0.3 is 0 Å². The third-order valence-corrected chi connectivity index (χ3v) is 6.37. The molecule has 0 aromatic heterocycles. The Kier molecular flexibility index (Phi) is 5.56. The van der Waals surface area contributed by atoms with E-state index in [1.807, 2.05) is 25.2 Å². The van der Waals surface area contributed by atoms with Crippen molar-refractivity contribution in [3.05, 3.63) is 65.2 Å². The van der Waals surface area contributed by atoms with Gasteiger partial charge in [-0.25, -0.2) is 0 Å². The molecule has 1 aliphatic carbocycles. The number of carbonyl (C=O) groups is 1. The van der Waals surface area contributed by atoms with Gasteiger partial charge in [-0.05, 0) is 48.6 Å². The molecule has 0 atom stereocenters. The first-order valence-electron chi connectivity index (χ1n) is 10.6. The summed E-state index contributed by atoms with van der Waals surface area (Å²) in [5.74, 6) is 0.884. The Labute approximate surface area is 173 Å². The molecule has 5 nitrogen and oxygen atoms in total. The first-order chi connectivity index (χ1) is 14.2. The molecule has 152 valence electrons. The van der Waals surface area contributed by atoms with Crippen molar-refractivity contribution in [1.29, 1.82) is 0 Å². The van der Waals surface area contributed by atoms with Gasteiger partial charge in [0.2, 0.25) is 0 Å². The molecule has 4 rings (SSSR count). The van der Waals surface area contributed by atoms with Crippen LogP contribution >= 0.6 is 0 Å². The molecular weight excluding hydrogens is 360 g/mol. The topological polar surface area (TPSA) is 56.7 Å². The molecule has 2 aliphatic rings. The summed E-state index contributed by atoms with van der Waals surface area (Å²) in [6.45, 7) is 1.79. The maximum atomic E-state index is 11.9. The normalized spacial score (nSPS) is 17.4. The van der Waals surface area contributed by atoms with Crippen molar-refractivity contribution in [2.75, 3.05) is 32.1 Å². The van der Waals surface area contributed by atoms with Gasteiger partial charge in [0.05, 0.1) is 0 Å². The van der Waals surface area contributed by atoms with Crippen molar-refractivity contribution >= 4 is 17.6 Å². The molecule has 0 saturated heterocycles. The molecule has 5 heteroatoms. The average molecular weight is 391 g/mol. The van der Waals surface area contributed by atoms with Crippen LogP contribution in [0.15, 0.2) is 53.5 Å². The number of rotatable bonds is 4. The molecule has 2 N–H and O–H groups in total. The van der Waals surface area contributed by atoms with Gasteiger partial charge in [0.25, 0.3) is 5.91 Å². The number of nitrogens with zero attached hydrogens (tertiary/aromatic N) is 2. The zero-order chi connectivity index (χ0) is 20.3. The predicted octanol–water partition coefficient (Wildman–Crippen LogP) is 3.50. The quantitative estimate of drug-likeness (QED) is 0.621. The van der Waals surface area contributed by atoms with Crippen molar-refractivity contribution < 1.29 is 4.79 Å². The van der Waals surface area contributed by atoms with Crippen LogP contribution in [0.2, 0.25) is 0 Å². The van der Waals surface area contributed by atoms with E-state index in [2.05, 4.69) is 50.9 Å². The second kappa shape index (κ2) is 8.27. The van der Waals surface area contributed by atoms with Gasteiger partial charge in [0.15, 0.2) is 5.96 Å². The first-order valence-corrected chi connectivity index (χ1v) is 10.6. The van der Waals surface area contributed by atoms with E-state index in [4.69, 9.17) is 0 Å². The number of carbonyl (C=O) groups excluding carboxylic acids is 1. The van der Waals surface area contributed by atoms with Crippen molar-refractivity contribution in [1.82, 2.24) is 10.6 Å². The minimum atomic E-state index is -0.0499. The number of fused-ring (bicyclic) bond motifs is 2. The predicted molar refractivity (Wildman–Crippen MR) is 119 cm³/mol. The van der Waals surface area contributed by atoms with Gasteiger partial charge in [0.1, 0.15) is 0 Å². The summed E-state index contributed by atoms with van der Waals surface area (Å²) < 4.78 is 0. The molecule has 2 aromatic carbocycles. The number of anilines is 1. The minimum Gasteiger partial charge on any atom is -0.356 e. The molecule has 2 aromatic rings. The third kappa shape index (κ3) is 3.74. The van der Waals surface area contributed by atoms with Gasteiger partial charge in [0, 0.05) is 43.9 Å². The van der Waals surface area contributed by atoms with Gasteiger partial charge in [-0.15, -0.1) is 0 Å². The summed E-state index contributed by atoms with van der Waals surface area (Å²) in [5, 5.41) is 6.23. The molecule has 1 fully saturated rings. The van der Waals surface area contributed by atoms with Crippen molar-refractivity contribution in [3.8, 4) is 0 Å². The highest BCUT2D eigenvalue weighted by Crippen LogP contribution is 2.50. The summed E-state index contributed by atoms with van der Waals surface area (Å²) >= 11 is 0. The summed E-state index contributed by atoms with van der Waals surface area (Å²) in [5.41, 5.74) is 4.91. The van der Waals surface area contributed by atoms with Gasteiger partial charge in [-0.1, -0.05) is 43.2 Å². The van der Waals surface area contributed by atoms with Crippen LogP contribution in [0.1, 0.15) is 47.2 Å². The SMILES string of the molecule is CN=C(NCCc1cccc(C(=O)NC)c1)N1CC2(CCCC2)c2ccccc21. The molecule has 1 amide bonds. The van der Waals surface area contributed by atoms with E-state index in [1.165, 1.54) is 36.9 Å². The molecule has 0 unspecified atom stereocenters. The van der Waals surface area contributed by atoms with Gasteiger partial charge in [-0.2, -0.15) is 0 Å². The lowest BCUT2D eigenvalue weighted by molar-refractivity contribution is 0.0963. The van der Waals surface area contributed by atoms with Crippen LogP contribution < -0.4 is 15.5 Å². The first kappa shape index (κ1) is 19.5. The maximum absolute atomic E-state index is 11.9. The maximum Gasteiger partial charge on any atom is 0.251 e. The number of para-hydroxylation sites is 1. The Morgan fingerprint density at radius 3 is 2.69 bits per heavy atom. The standard InChI is InChI=1S/C24H30N4O/c1-25-22(29)19-9-7-8-18(16-19)12-15-27-23(26-2)28-17-24(13-5-6-14-24)20-10-3-4-11-21(20)28/h3-4,7-11,16H,5-6,12-15,17H2,1-2H3,(H,25,29)(H,26,27). The molecule has 29 heavy (non-hydrogen) atoms. The summed E-state index contributed by atoms with van der Waals surface area (Å²) in [4.78, 5) is 18.8. The Bertz CT molecular complexity index is 915. The number of aliphatic imine (C=N–C) groups is 1. The molecule has 0 bridgehead atoms. The van der Waals surface area contributed by atoms with Crippen molar-refractivity contribution in [3.63, 3.8) is 0 Å². The second-order valence-corrected chi connectivity index (χ2v) is 8.09. The van der Waals surface area contributed by atoms with Crippen molar-refractivity contribution in [2.24, 2.45) is 4.99 Å². The lowest BCUT2D eigenvalue weighted by Gasteiger charge is -2.26. The van der Waals surface area contributed by atoms with Crippen LogP contribution in [0, 0.1) is 0 Å². The highest BCUT2D eigenvalue weighted by molar-refractivity contribution is 5.98. The largest absolute Gasteiger partial charge is 0.356 e.